The van der Waals surface area contributed by atoms with Gasteiger partial charge in [-0.3, -0.25) is 0 Å². The topological polar surface area (TPSA) is 0 Å². The third-order valence-corrected chi connectivity index (χ3v) is 4.10. The molecule has 1 heteroatoms. The molecule has 0 spiro atoms. The highest BCUT2D eigenvalue weighted by molar-refractivity contribution is 7.79. The van der Waals surface area contributed by atoms with E-state index >= 15 is 0 Å². The molecule has 0 aliphatic rings. The molecule has 3 aromatic carbocycles. The van der Waals surface area contributed by atoms with Crippen molar-refractivity contribution in [1.82, 2.24) is 0 Å². The van der Waals surface area contributed by atoms with E-state index in [1.165, 1.54) is 33.4 Å². The lowest BCUT2D eigenvalue weighted by atomic mass is 9.99. The first-order chi connectivity index (χ1) is 10.3. The second-order valence-corrected chi connectivity index (χ2v) is 5.61. The van der Waals surface area contributed by atoms with Crippen LogP contribution in [0.3, 0.4) is 0 Å². The summed E-state index contributed by atoms with van der Waals surface area (Å²) < 4.78 is 0. The molecule has 0 unspecified atom stereocenters. The summed E-state index contributed by atoms with van der Waals surface area (Å²) in [5.74, 6) is 0.784. The lowest BCUT2D eigenvalue weighted by Gasteiger charge is -2.06. The van der Waals surface area contributed by atoms with Gasteiger partial charge in [0.05, 0.1) is 0 Å². The van der Waals surface area contributed by atoms with Gasteiger partial charge in [-0.2, -0.15) is 12.6 Å². The van der Waals surface area contributed by atoms with Crippen molar-refractivity contribution in [3.05, 3.63) is 83.9 Å². The van der Waals surface area contributed by atoms with Crippen LogP contribution in [0.15, 0.2) is 72.8 Å². The van der Waals surface area contributed by atoms with Crippen LogP contribution in [-0.2, 0) is 5.75 Å². The fourth-order valence-corrected chi connectivity index (χ4v) is 2.61. The molecule has 104 valence electrons. The van der Waals surface area contributed by atoms with Crippen molar-refractivity contribution in [2.45, 2.75) is 12.7 Å². The van der Waals surface area contributed by atoms with Crippen LogP contribution in [0.4, 0.5) is 0 Å². The number of thiol groups is 1. The summed E-state index contributed by atoms with van der Waals surface area (Å²) in [5, 5.41) is 0. The smallest absolute Gasteiger partial charge is 0.0154 e. The van der Waals surface area contributed by atoms with E-state index in [1.807, 2.05) is 0 Å². The molecular formula is C20H18S. The molecule has 0 aromatic heterocycles. The Hall–Kier alpha value is -1.99. The molecule has 0 aliphatic heterocycles. The summed E-state index contributed by atoms with van der Waals surface area (Å²) in [6.07, 6.45) is 0. The minimum atomic E-state index is 0.784. The van der Waals surface area contributed by atoms with Gasteiger partial charge >= 0.3 is 0 Å². The lowest BCUT2D eigenvalue weighted by molar-refractivity contribution is 1.42. The van der Waals surface area contributed by atoms with Crippen LogP contribution in [-0.4, -0.2) is 0 Å². The Balaban J connectivity index is 1.87. The Morgan fingerprint density at radius 3 is 1.29 bits per heavy atom. The molecular weight excluding hydrogens is 272 g/mol. The molecule has 0 bridgehead atoms. The van der Waals surface area contributed by atoms with Gasteiger partial charge in [0.15, 0.2) is 0 Å². The maximum absolute atomic E-state index is 4.29. The molecule has 0 amide bonds. The summed E-state index contributed by atoms with van der Waals surface area (Å²) >= 11 is 4.29. The van der Waals surface area contributed by atoms with E-state index in [1.54, 1.807) is 0 Å². The lowest BCUT2D eigenvalue weighted by Crippen LogP contribution is -1.82. The number of hydrogen-bond acceptors (Lipinski definition) is 1. The van der Waals surface area contributed by atoms with Gasteiger partial charge in [0.2, 0.25) is 0 Å². The van der Waals surface area contributed by atoms with Gasteiger partial charge in [0, 0.05) is 5.75 Å². The van der Waals surface area contributed by atoms with Gasteiger partial charge in [0.25, 0.3) is 0 Å². The summed E-state index contributed by atoms with van der Waals surface area (Å²) in [4.78, 5) is 0. The van der Waals surface area contributed by atoms with Crippen LogP contribution in [0.25, 0.3) is 22.3 Å². The third-order valence-electron chi connectivity index (χ3n) is 3.74. The SMILES string of the molecule is Cc1ccc(-c2ccc(-c3ccc(CS)cc3)cc2)cc1. The Kier molecular flexibility index (Phi) is 4.12. The molecule has 0 N–H and O–H groups in total. The zero-order valence-electron chi connectivity index (χ0n) is 12.1. The summed E-state index contributed by atoms with van der Waals surface area (Å²) in [7, 11) is 0. The highest BCUT2D eigenvalue weighted by atomic mass is 32.1. The van der Waals surface area contributed by atoms with E-state index in [0.717, 1.165) is 5.75 Å². The van der Waals surface area contributed by atoms with Crippen molar-refractivity contribution in [3.63, 3.8) is 0 Å². The monoisotopic (exact) mass is 290 g/mol. The first kappa shape index (κ1) is 14.0. The normalized spacial score (nSPS) is 10.6. The molecule has 0 radical (unpaired) electrons. The molecule has 0 fully saturated rings. The van der Waals surface area contributed by atoms with Gasteiger partial charge in [-0.25, -0.2) is 0 Å². The minimum Gasteiger partial charge on any atom is -0.175 e. The van der Waals surface area contributed by atoms with Gasteiger partial charge in [-0.1, -0.05) is 78.4 Å². The van der Waals surface area contributed by atoms with Crippen molar-refractivity contribution in [2.24, 2.45) is 0 Å². The standard InChI is InChI=1S/C20H18S/c1-15-2-6-17(7-3-15)19-10-12-20(13-11-19)18-8-4-16(14-21)5-9-18/h2-13,21H,14H2,1H3. The van der Waals surface area contributed by atoms with Crippen molar-refractivity contribution >= 4 is 12.6 Å². The molecule has 0 heterocycles. The quantitative estimate of drug-likeness (QED) is 0.583. The van der Waals surface area contributed by atoms with E-state index in [4.69, 9.17) is 0 Å². The number of rotatable bonds is 3. The van der Waals surface area contributed by atoms with E-state index in [2.05, 4.69) is 92.3 Å². The summed E-state index contributed by atoms with van der Waals surface area (Å²) in [6.45, 7) is 2.11. The maximum Gasteiger partial charge on any atom is 0.0154 e. The van der Waals surface area contributed by atoms with Crippen LogP contribution in [0.1, 0.15) is 11.1 Å². The zero-order valence-corrected chi connectivity index (χ0v) is 13.0. The predicted molar refractivity (Wildman–Crippen MR) is 94.7 cm³/mol. The highest BCUT2D eigenvalue weighted by Crippen LogP contribution is 2.25. The molecule has 0 saturated heterocycles. The fourth-order valence-electron chi connectivity index (χ4n) is 2.40. The molecule has 3 rings (SSSR count). The highest BCUT2D eigenvalue weighted by Gasteiger charge is 2.00. The van der Waals surface area contributed by atoms with Crippen molar-refractivity contribution in [1.29, 1.82) is 0 Å². The Morgan fingerprint density at radius 2 is 0.905 bits per heavy atom. The Morgan fingerprint density at radius 1 is 0.571 bits per heavy atom. The predicted octanol–water partition coefficient (Wildman–Crippen LogP) is 5.76. The van der Waals surface area contributed by atoms with Crippen LogP contribution in [0, 0.1) is 6.92 Å². The average Bonchev–Trinajstić information content (AvgIpc) is 2.56. The van der Waals surface area contributed by atoms with Crippen molar-refractivity contribution in [3.8, 4) is 22.3 Å². The third kappa shape index (κ3) is 3.20. The van der Waals surface area contributed by atoms with Crippen molar-refractivity contribution < 1.29 is 0 Å². The van der Waals surface area contributed by atoms with Crippen LogP contribution in [0.2, 0.25) is 0 Å². The molecule has 21 heavy (non-hydrogen) atoms. The largest absolute Gasteiger partial charge is 0.175 e. The van der Waals surface area contributed by atoms with Gasteiger partial charge in [-0.05, 0) is 34.7 Å². The van der Waals surface area contributed by atoms with Crippen LogP contribution in [0.5, 0.6) is 0 Å². The average molecular weight is 290 g/mol. The second-order valence-electron chi connectivity index (χ2n) is 5.30. The van der Waals surface area contributed by atoms with Gasteiger partial charge in [0.1, 0.15) is 0 Å². The van der Waals surface area contributed by atoms with Crippen LogP contribution < -0.4 is 0 Å². The van der Waals surface area contributed by atoms with Gasteiger partial charge < -0.3 is 0 Å². The molecule has 3 aromatic rings. The first-order valence-electron chi connectivity index (χ1n) is 7.13. The maximum atomic E-state index is 4.29. The fraction of sp³-hybridized carbons (Fsp3) is 0.100. The minimum absolute atomic E-state index is 0.784. The van der Waals surface area contributed by atoms with E-state index in [-0.39, 0.29) is 0 Å². The second kappa shape index (κ2) is 6.19. The summed E-state index contributed by atoms with van der Waals surface area (Å²) in [5.41, 5.74) is 7.55. The molecule has 0 nitrogen and oxygen atoms in total. The Bertz CT molecular complexity index is 707. The first-order valence-corrected chi connectivity index (χ1v) is 7.77. The summed E-state index contributed by atoms with van der Waals surface area (Å²) in [6, 6.07) is 26.0. The Labute approximate surface area is 131 Å². The van der Waals surface area contributed by atoms with E-state index in [0.29, 0.717) is 0 Å². The molecule has 0 saturated carbocycles. The number of hydrogen-bond donors (Lipinski definition) is 1. The zero-order chi connectivity index (χ0) is 14.7. The van der Waals surface area contributed by atoms with E-state index < -0.39 is 0 Å². The van der Waals surface area contributed by atoms with E-state index in [9.17, 15) is 0 Å². The molecule has 0 atom stereocenters. The van der Waals surface area contributed by atoms with Crippen LogP contribution >= 0.6 is 12.6 Å². The molecule has 0 aliphatic carbocycles. The number of aryl methyl sites for hydroxylation is 1. The number of benzene rings is 3. The van der Waals surface area contributed by atoms with Gasteiger partial charge in [-0.15, -0.1) is 0 Å². The van der Waals surface area contributed by atoms with Crippen molar-refractivity contribution in [2.75, 3.05) is 0 Å².